The first-order valence-corrected chi connectivity index (χ1v) is 9.79. The average Bonchev–Trinajstić information content (AvgIpc) is 3.13. The molecule has 7 nitrogen and oxygen atoms in total. The molecule has 9 heteroatoms. The Hall–Kier alpha value is -2.52. The molecule has 1 unspecified atom stereocenters. The summed E-state index contributed by atoms with van der Waals surface area (Å²) in [6.45, 7) is 3.43. The van der Waals surface area contributed by atoms with Crippen LogP contribution in [0.1, 0.15) is 23.2 Å². The van der Waals surface area contributed by atoms with Crippen molar-refractivity contribution in [1.82, 2.24) is 19.6 Å². The van der Waals surface area contributed by atoms with Gasteiger partial charge in [-0.2, -0.15) is 0 Å². The Labute approximate surface area is 166 Å². The van der Waals surface area contributed by atoms with Gasteiger partial charge in [-0.05, 0) is 54.0 Å². The van der Waals surface area contributed by atoms with Crippen LogP contribution >= 0.6 is 27.3 Å². The van der Waals surface area contributed by atoms with Crippen molar-refractivity contribution >= 4 is 44.9 Å². The van der Waals surface area contributed by atoms with Crippen molar-refractivity contribution in [3.05, 3.63) is 66.8 Å². The van der Waals surface area contributed by atoms with Crippen LogP contribution in [0, 0.1) is 6.92 Å². The number of halogens is 1. The van der Waals surface area contributed by atoms with Gasteiger partial charge in [0.2, 0.25) is 0 Å². The number of rotatable bonds is 3. The topological polar surface area (TPSA) is 83.8 Å². The van der Waals surface area contributed by atoms with Gasteiger partial charge < -0.3 is 5.32 Å². The third-order valence-corrected chi connectivity index (χ3v) is 6.44. The number of aromatic nitrogens is 2. The quantitative estimate of drug-likeness (QED) is 0.626. The number of pyridine rings is 1. The number of urea groups is 1. The lowest BCUT2D eigenvalue weighted by Crippen LogP contribution is -2.40. The molecule has 1 atom stereocenters. The average molecular weight is 447 g/mol. The smallest absolute Gasteiger partial charge is 0.319 e. The normalized spacial score (nSPS) is 19.7. The van der Waals surface area contributed by atoms with Crippen molar-refractivity contribution < 1.29 is 9.59 Å². The number of nitrogens with one attached hydrogen (secondary N) is 1. The number of fused-ring (bicyclic) bond motifs is 1. The monoisotopic (exact) mass is 446 g/mol. The molecule has 138 valence electrons. The van der Waals surface area contributed by atoms with Crippen LogP contribution < -0.4 is 10.9 Å². The van der Waals surface area contributed by atoms with Crippen LogP contribution in [0.2, 0.25) is 0 Å². The van der Waals surface area contributed by atoms with Gasteiger partial charge in [-0.25, -0.2) is 9.78 Å². The van der Waals surface area contributed by atoms with E-state index in [1.165, 1.54) is 21.8 Å². The van der Waals surface area contributed by atoms with E-state index < -0.39 is 11.6 Å². The van der Waals surface area contributed by atoms with Gasteiger partial charge in [0.25, 0.3) is 11.5 Å². The summed E-state index contributed by atoms with van der Waals surface area (Å²) in [4.78, 5) is 44.1. The van der Waals surface area contributed by atoms with Crippen LogP contribution in [0.3, 0.4) is 0 Å². The van der Waals surface area contributed by atoms with Crippen molar-refractivity contribution in [2.45, 2.75) is 25.9 Å². The van der Waals surface area contributed by atoms with E-state index in [4.69, 9.17) is 0 Å². The molecule has 0 spiro atoms. The number of hydrogen-bond donors (Lipinski definition) is 1. The van der Waals surface area contributed by atoms with Crippen LogP contribution in [0.15, 0.2) is 45.0 Å². The van der Waals surface area contributed by atoms with E-state index >= 15 is 0 Å². The standard InChI is InChI=1S/C18H15BrN4O3S/c1-10-4-3-5-14-20-11(8-15(24)23(10)14)9-22-16(25)18(2,21-17(22)26)12-6-7-13(19)27-12/h3-8H,9H2,1-2H3,(H,21,26). The van der Waals surface area contributed by atoms with Crippen molar-refractivity contribution in [2.24, 2.45) is 0 Å². The molecule has 0 saturated carbocycles. The van der Waals surface area contributed by atoms with Crippen LogP contribution in [0.5, 0.6) is 0 Å². The Morgan fingerprint density at radius 3 is 2.70 bits per heavy atom. The summed E-state index contributed by atoms with van der Waals surface area (Å²) in [5, 5.41) is 2.76. The summed E-state index contributed by atoms with van der Waals surface area (Å²) < 4.78 is 2.36. The summed E-state index contributed by atoms with van der Waals surface area (Å²) in [6.07, 6.45) is 0. The molecule has 0 bridgehead atoms. The van der Waals surface area contributed by atoms with Crippen molar-refractivity contribution in [2.75, 3.05) is 0 Å². The molecule has 1 saturated heterocycles. The molecule has 0 radical (unpaired) electrons. The van der Waals surface area contributed by atoms with Crippen molar-refractivity contribution in [3.8, 4) is 0 Å². The number of carbonyl (C=O) groups excluding carboxylic acids is 2. The minimum absolute atomic E-state index is 0.0630. The Morgan fingerprint density at radius 1 is 1.22 bits per heavy atom. The molecular weight excluding hydrogens is 432 g/mol. The second kappa shape index (κ2) is 6.28. The highest BCUT2D eigenvalue weighted by molar-refractivity contribution is 9.11. The minimum atomic E-state index is -1.13. The number of imide groups is 1. The second-order valence-corrected chi connectivity index (χ2v) is 8.96. The van der Waals surface area contributed by atoms with Gasteiger partial charge in [0.15, 0.2) is 5.54 Å². The van der Waals surface area contributed by atoms with E-state index in [2.05, 4.69) is 26.2 Å². The molecule has 1 N–H and O–H groups in total. The van der Waals surface area contributed by atoms with E-state index in [0.717, 1.165) is 19.3 Å². The van der Waals surface area contributed by atoms with E-state index in [-0.39, 0.29) is 18.0 Å². The zero-order valence-electron chi connectivity index (χ0n) is 14.5. The predicted octanol–water partition coefficient (Wildman–Crippen LogP) is 2.79. The van der Waals surface area contributed by atoms with Crippen LogP contribution in [0.25, 0.3) is 5.65 Å². The van der Waals surface area contributed by atoms with Gasteiger partial charge in [-0.15, -0.1) is 11.3 Å². The predicted molar refractivity (Wildman–Crippen MR) is 105 cm³/mol. The van der Waals surface area contributed by atoms with Gasteiger partial charge in [0.05, 0.1) is 16.0 Å². The summed E-state index contributed by atoms with van der Waals surface area (Å²) in [7, 11) is 0. The number of hydrogen-bond acceptors (Lipinski definition) is 5. The van der Waals surface area contributed by atoms with E-state index in [1.807, 2.05) is 19.1 Å². The SMILES string of the molecule is Cc1cccc2nc(CN3C(=O)NC(C)(c4ccc(Br)s4)C3=O)cc(=O)n12. The van der Waals surface area contributed by atoms with Crippen LogP contribution in [0.4, 0.5) is 4.79 Å². The van der Waals surface area contributed by atoms with Gasteiger partial charge >= 0.3 is 6.03 Å². The maximum Gasteiger partial charge on any atom is 0.325 e. The Kier molecular flexibility index (Phi) is 4.15. The Bertz CT molecular complexity index is 1150. The number of carbonyl (C=O) groups is 2. The molecule has 4 heterocycles. The fraction of sp³-hybridized carbons (Fsp3) is 0.222. The van der Waals surface area contributed by atoms with E-state index in [1.54, 1.807) is 25.1 Å². The molecule has 1 aliphatic rings. The lowest BCUT2D eigenvalue weighted by Gasteiger charge is -2.20. The Balaban J connectivity index is 1.69. The maximum absolute atomic E-state index is 13.0. The fourth-order valence-corrected chi connectivity index (χ4v) is 4.68. The lowest BCUT2D eigenvalue weighted by molar-refractivity contribution is -0.131. The molecule has 3 aromatic rings. The zero-order valence-corrected chi connectivity index (χ0v) is 16.9. The van der Waals surface area contributed by atoms with Crippen molar-refractivity contribution in [1.29, 1.82) is 0 Å². The third kappa shape index (κ3) is 2.87. The van der Waals surface area contributed by atoms with Gasteiger partial charge in [0, 0.05) is 16.6 Å². The molecule has 1 fully saturated rings. The maximum atomic E-state index is 13.0. The van der Waals surface area contributed by atoms with Gasteiger partial charge in [-0.1, -0.05) is 6.07 Å². The molecule has 3 aromatic heterocycles. The first-order chi connectivity index (χ1) is 12.8. The highest BCUT2D eigenvalue weighted by Gasteiger charge is 2.49. The molecule has 27 heavy (non-hydrogen) atoms. The minimum Gasteiger partial charge on any atom is -0.319 e. The first-order valence-electron chi connectivity index (χ1n) is 8.18. The summed E-state index contributed by atoms with van der Waals surface area (Å²) in [5.41, 5.74) is 0.240. The van der Waals surface area contributed by atoms with Gasteiger partial charge in [0.1, 0.15) is 5.65 Å². The number of aryl methyl sites for hydroxylation is 1. The third-order valence-electron chi connectivity index (χ3n) is 4.59. The molecule has 1 aliphatic heterocycles. The highest BCUT2D eigenvalue weighted by Crippen LogP contribution is 2.35. The summed E-state index contributed by atoms with van der Waals surface area (Å²) in [6, 6.07) is 9.84. The number of thiophene rings is 1. The molecule has 3 amide bonds. The number of amides is 3. The summed E-state index contributed by atoms with van der Waals surface area (Å²) >= 11 is 4.77. The van der Waals surface area contributed by atoms with Crippen LogP contribution in [-0.4, -0.2) is 26.2 Å². The molecule has 0 aliphatic carbocycles. The fourth-order valence-electron chi connectivity index (χ4n) is 3.20. The first kappa shape index (κ1) is 17.9. The van der Waals surface area contributed by atoms with Crippen molar-refractivity contribution in [3.63, 3.8) is 0 Å². The molecular formula is C18H15BrN4O3S. The lowest BCUT2D eigenvalue weighted by atomic mass is 10.0. The Morgan fingerprint density at radius 2 is 2.00 bits per heavy atom. The van der Waals surface area contributed by atoms with E-state index in [9.17, 15) is 14.4 Å². The van der Waals surface area contributed by atoms with Crippen LogP contribution in [-0.2, 0) is 16.9 Å². The van der Waals surface area contributed by atoms with E-state index in [0.29, 0.717) is 11.3 Å². The number of nitrogens with zero attached hydrogens (tertiary/aromatic N) is 3. The molecule has 4 rings (SSSR count). The van der Waals surface area contributed by atoms with Gasteiger partial charge in [-0.3, -0.25) is 18.9 Å². The molecule has 0 aromatic carbocycles. The zero-order chi connectivity index (χ0) is 19.3. The highest BCUT2D eigenvalue weighted by atomic mass is 79.9. The second-order valence-electron chi connectivity index (χ2n) is 6.50. The summed E-state index contributed by atoms with van der Waals surface area (Å²) in [5.74, 6) is -0.368. The largest absolute Gasteiger partial charge is 0.325 e.